The van der Waals surface area contributed by atoms with Crippen molar-refractivity contribution in [3.63, 3.8) is 0 Å². The molecule has 1 amide bonds. The Labute approximate surface area is 205 Å². The van der Waals surface area contributed by atoms with Crippen molar-refractivity contribution in [2.45, 2.75) is 51.0 Å². The predicted molar refractivity (Wildman–Crippen MR) is 135 cm³/mol. The Bertz CT molecular complexity index is 1410. The Hall–Kier alpha value is -3.17. The highest BCUT2D eigenvalue weighted by molar-refractivity contribution is 7.89. The second kappa shape index (κ2) is 9.47. The van der Waals surface area contributed by atoms with E-state index in [1.165, 1.54) is 44.4 Å². The highest BCUT2D eigenvalue weighted by Crippen LogP contribution is 2.32. The van der Waals surface area contributed by atoms with Gasteiger partial charge in [-0.05, 0) is 80.5 Å². The van der Waals surface area contributed by atoms with Gasteiger partial charge in [0.25, 0.3) is 5.91 Å². The fourth-order valence-electron chi connectivity index (χ4n) is 4.34. The first kappa shape index (κ1) is 24.9. The van der Waals surface area contributed by atoms with Gasteiger partial charge in [-0.15, -0.1) is 0 Å². The number of H-pyrrole nitrogens is 1. The molecular weight excluding hydrogens is 466 g/mol. The van der Waals surface area contributed by atoms with Crippen molar-refractivity contribution in [1.82, 2.24) is 9.29 Å². The number of fused-ring (bicyclic) bond motifs is 3. The molecule has 186 valence electrons. The molecule has 0 saturated carbocycles. The Balaban J connectivity index is 1.49. The largest absolute Gasteiger partial charge is 0.449 e. The van der Waals surface area contributed by atoms with Crippen LogP contribution in [0.3, 0.4) is 0 Å². The van der Waals surface area contributed by atoms with E-state index in [1.807, 2.05) is 12.1 Å². The predicted octanol–water partition coefficient (Wildman–Crippen LogP) is 4.04. The number of ether oxygens (including phenoxy) is 1. The number of aromatic nitrogens is 1. The summed E-state index contributed by atoms with van der Waals surface area (Å²) in [6, 6.07) is 9.91. The van der Waals surface area contributed by atoms with Gasteiger partial charge in [0.2, 0.25) is 10.0 Å². The van der Waals surface area contributed by atoms with E-state index in [0.717, 1.165) is 34.5 Å². The van der Waals surface area contributed by atoms with Crippen LogP contribution in [0, 0.1) is 12.8 Å². The average molecular weight is 498 g/mol. The Kier molecular flexibility index (Phi) is 6.75. The summed E-state index contributed by atoms with van der Waals surface area (Å²) >= 11 is 0. The zero-order valence-electron chi connectivity index (χ0n) is 20.6. The van der Waals surface area contributed by atoms with E-state index >= 15 is 0 Å². The number of hydrogen-bond acceptors (Lipinski definition) is 5. The molecule has 0 radical (unpaired) electrons. The van der Waals surface area contributed by atoms with E-state index in [4.69, 9.17) is 4.74 Å². The Morgan fingerprint density at radius 3 is 2.63 bits per heavy atom. The lowest BCUT2D eigenvalue weighted by Gasteiger charge is -2.18. The summed E-state index contributed by atoms with van der Waals surface area (Å²) in [5.41, 5.74) is 4.89. The van der Waals surface area contributed by atoms with Gasteiger partial charge in [0.15, 0.2) is 6.10 Å². The number of amides is 1. The van der Waals surface area contributed by atoms with Gasteiger partial charge >= 0.3 is 5.97 Å². The maximum Gasteiger partial charge on any atom is 0.338 e. The summed E-state index contributed by atoms with van der Waals surface area (Å²) in [6.45, 7) is 5.47. The molecule has 2 aromatic carbocycles. The highest BCUT2D eigenvalue weighted by Gasteiger charge is 2.24. The van der Waals surface area contributed by atoms with Crippen LogP contribution >= 0.6 is 0 Å². The molecule has 0 spiro atoms. The number of anilines is 1. The van der Waals surface area contributed by atoms with Crippen LogP contribution in [0.15, 0.2) is 41.3 Å². The maximum atomic E-state index is 12.8. The molecule has 2 atom stereocenters. The van der Waals surface area contributed by atoms with E-state index in [1.54, 1.807) is 19.1 Å². The smallest absolute Gasteiger partial charge is 0.338 e. The molecule has 3 aromatic rings. The minimum absolute atomic E-state index is 0.0607. The van der Waals surface area contributed by atoms with Gasteiger partial charge in [0.05, 0.1) is 10.5 Å². The molecule has 2 unspecified atom stereocenters. The van der Waals surface area contributed by atoms with E-state index < -0.39 is 28.0 Å². The van der Waals surface area contributed by atoms with Crippen molar-refractivity contribution in [3.05, 3.63) is 58.8 Å². The number of esters is 1. The first-order chi connectivity index (χ1) is 16.5. The second-order valence-corrected chi connectivity index (χ2v) is 11.6. The van der Waals surface area contributed by atoms with E-state index in [-0.39, 0.29) is 4.90 Å². The molecule has 0 saturated heterocycles. The topological polar surface area (TPSA) is 109 Å². The highest BCUT2D eigenvalue weighted by atomic mass is 32.2. The molecule has 1 aliphatic rings. The summed E-state index contributed by atoms with van der Waals surface area (Å²) in [4.78, 5) is 29.1. The van der Waals surface area contributed by atoms with Crippen LogP contribution in [0.25, 0.3) is 10.9 Å². The number of sulfonamides is 1. The number of benzene rings is 2. The lowest BCUT2D eigenvalue weighted by molar-refractivity contribution is -0.123. The SMILES string of the molecule is Cc1ccc(S(=O)(=O)N(C)C)cc1NC(=O)C(C)OC(=O)c1ccc2[nH]c3c(c2c1)CC(C)CC3. The quantitative estimate of drug-likeness (QED) is 0.500. The standard InChI is InChI=1S/C26H31N3O5S/c1-15-6-10-22-20(12-15)21-13-18(8-11-23(21)27-22)26(31)34-17(3)25(30)28-24-14-19(9-7-16(24)2)35(32,33)29(4)5/h7-9,11,13-15,17,27H,6,10,12H2,1-5H3,(H,28,30). The van der Waals surface area contributed by atoms with Gasteiger partial charge in [0.1, 0.15) is 0 Å². The molecule has 4 rings (SSSR count). The van der Waals surface area contributed by atoms with Gasteiger partial charge < -0.3 is 15.0 Å². The zero-order chi connectivity index (χ0) is 25.5. The number of carbonyl (C=O) groups excluding carboxylic acids is 2. The van der Waals surface area contributed by atoms with Gasteiger partial charge in [-0.25, -0.2) is 17.5 Å². The van der Waals surface area contributed by atoms with Crippen molar-refractivity contribution in [1.29, 1.82) is 0 Å². The number of nitrogens with one attached hydrogen (secondary N) is 2. The Morgan fingerprint density at radius 2 is 1.91 bits per heavy atom. The van der Waals surface area contributed by atoms with Crippen molar-refractivity contribution >= 4 is 38.5 Å². The molecule has 8 nitrogen and oxygen atoms in total. The zero-order valence-corrected chi connectivity index (χ0v) is 21.5. The monoisotopic (exact) mass is 497 g/mol. The molecule has 2 N–H and O–H groups in total. The summed E-state index contributed by atoms with van der Waals surface area (Å²) in [5.74, 6) is -0.542. The molecule has 1 aromatic heterocycles. The van der Waals surface area contributed by atoms with Crippen molar-refractivity contribution in [3.8, 4) is 0 Å². The van der Waals surface area contributed by atoms with E-state index in [9.17, 15) is 18.0 Å². The molecule has 9 heteroatoms. The number of rotatable bonds is 6. The van der Waals surface area contributed by atoms with Crippen LogP contribution in [-0.4, -0.2) is 49.8 Å². The van der Waals surface area contributed by atoms with Crippen LogP contribution in [0.5, 0.6) is 0 Å². The first-order valence-corrected chi connectivity index (χ1v) is 13.1. The third-order valence-electron chi connectivity index (χ3n) is 6.57. The minimum atomic E-state index is -3.66. The van der Waals surface area contributed by atoms with Gasteiger partial charge in [-0.2, -0.15) is 0 Å². The third-order valence-corrected chi connectivity index (χ3v) is 8.38. The Morgan fingerprint density at radius 1 is 1.17 bits per heavy atom. The number of carbonyl (C=O) groups is 2. The average Bonchev–Trinajstić information content (AvgIpc) is 3.17. The summed E-state index contributed by atoms with van der Waals surface area (Å²) < 4.78 is 31.4. The lowest BCUT2D eigenvalue weighted by atomic mass is 9.87. The molecule has 0 fully saturated rings. The molecular formula is C26H31N3O5S. The van der Waals surface area contributed by atoms with Crippen molar-refractivity contribution in [2.24, 2.45) is 5.92 Å². The van der Waals surface area contributed by atoms with Gasteiger partial charge in [0, 0.05) is 36.4 Å². The van der Waals surface area contributed by atoms with E-state index in [0.29, 0.717) is 22.7 Å². The molecule has 0 bridgehead atoms. The van der Waals surface area contributed by atoms with Crippen LogP contribution in [0.1, 0.15) is 47.4 Å². The molecule has 0 aliphatic heterocycles. The van der Waals surface area contributed by atoms with Gasteiger partial charge in [-0.3, -0.25) is 4.79 Å². The lowest BCUT2D eigenvalue weighted by Crippen LogP contribution is -2.30. The van der Waals surface area contributed by atoms with Crippen molar-refractivity contribution in [2.75, 3.05) is 19.4 Å². The van der Waals surface area contributed by atoms with Crippen LogP contribution < -0.4 is 5.32 Å². The summed E-state index contributed by atoms with van der Waals surface area (Å²) in [7, 11) is -0.775. The first-order valence-electron chi connectivity index (χ1n) is 11.7. The number of aromatic amines is 1. The van der Waals surface area contributed by atoms with Crippen LogP contribution in [0.2, 0.25) is 0 Å². The van der Waals surface area contributed by atoms with Crippen molar-refractivity contribution < 1.29 is 22.7 Å². The second-order valence-electron chi connectivity index (χ2n) is 9.49. The number of hydrogen-bond donors (Lipinski definition) is 2. The molecule has 1 heterocycles. The number of aryl methyl sites for hydroxylation is 2. The maximum absolute atomic E-state index is 12.8. The fraction of sp³-hybridized carbons (Fsp3) is 0.385. The van der Waals surface area contributed by atoms with Gasteiger partial charge in [-0.1, -0.05) is 13.0 Å². The number of nitrogens with zero attached hydrogens (tertiary/aromatic N) is 1. The normalized spacial score (nSPS) is 16.7. The summed E-state index contributed by atoms with van der Waals surface area (Å²) in [6.07, 6.45) is 2.03. The minimum Gasteiger partial charge on any atom is -0.449 e. The third kappa shape index (κ3) is 4.97. The summed E-state index contributed by atoms with van der Waals surface area (Å²) in [5, 5.41) is 3.71. The molecule has 35 heavy (non-hydrogen) atoms. The molecule has 1 aliphatic carbocycles. The van der Waals surface area contributed by atoms with Crippen LogP contribution in [0.4, 0.5) is 5.69 Å². The fourth-order valence-corrected chi connectivity index (χ4v) is 5.27. The van der Waals surface area contributed by atoms with E-state index in [2.05, 4.69) is 17.2 Å². The van der Waals surface area contributed by atoms with Crippen LogP contribution in [-0.2, 0) is 32.4 Å².